The van der Waals surface area contributed by atoms with E-state index in [1.807, 2.05) is 0 Å². The molecule has 1 heterocycles. The Morgan fingerprint density at radius 1 is 1.35 bits per heavy atom. The third kappa shape index (κ3) is 4.64. The number of nitrogens with one attached hydrogen (secondary N) is 2. The second-order valence-electron chi connectivity index (χ2n) is 4.64. The van der Waals surface area contributed by atoms with Crippen molar-refractivity contribution in [3.05, 3.63) is 35.5 Å². The fraction of sp³-hybridized carbons (Fsp3) is 0.267. The lowest BCUT2D eigenvalue weighted by Crippen LogP contribution is -2.25. The van der Waals surface area contributed by atoms with Gasteiger partial charge in [-0.25, -0.2) is 0 Å². The van der Waals surface area contributed by atoms with Gasteiger partial charge in [-0.15, -0.1) is 0 Å². The number of rotatable bonds is 7. The number of hydrogen-bond acceptors (Lipinski definition) is 6. The van der Waals surface area contributed by atoms with E-state index in [0.29, 0.717) is 11.5 Å². The summed E-state index contributed by atoms with van der Waals surface area (Å²) in [6.45, 7) is 0.536. The van der Waals surface area contributed by atoms with Gasteiger partial charge in [0.05, 0.1) is 6.42 Å². The number of carboxylic acid groups (broad SMARTS) is 1. The van der Waals surface area contributed by atoms with Crippen LogP contribution in [0.5, 0.6) is 11.5 Å². The normalized spacial score (nSPS) is 12.4. The minimum absolute atomic E-state index is 0.103. The summed E-state index contributed by atoms with van der Waals surface area (Å²) in [6, 6.07) is 7.05. The SMILES string of the molecule is N#C/C(=C/NCCC(=O)O)C(=O)NCc1ccc2c(c1)OCO2. The number of benzene rings is 1. The summed E-state index contributed by atoms with van der Waals surface area (Å²) < 4.78 is 10.4. The van der Waals surface area contributed by atoms with Crippen LogP contribution in [0.2, 0.25) is 0 Å². The molecule has 0 aromatic heterocycles. The standard InChI is InChI=1S/C15H15N3O5/c16-6-11(8-17-4-3-14(19)20)15(21)18-7-10-1-2-12-13(5-10)23-9-22-12/h1-2,5,8,17H,3-4,7,9H2,(H,18,21)(H,19,20)/b11-8-. The molecule has 0 bridgehead atoms. The minimum Gasteiger partial charge on any atom is -0.481 e. The molecule has 0 spiro atoms. The number of aliphatic carboxylic acids is 1. The molecule has 1 aliphatic rings. The number of hydrogen-bond donors (Lipinski definition) is 3. The molecule has 0 unspecified atom stereocenters. The van der Waals surface area contributed by atoms with Crippen molar-refractivity contribution in [1.29, 1.82) is 5.26 Å². The van der Waals surface area contributed by atoms with Crippen molar-refractivity contribution in [3.63, 3.8) is 0 Å². The van der Waals surface area contributed by atoms with Gasteiger partial charge < -0.3 is 25.2 Å². The molecule has 2 rings (SSSR count). The lowest BCUT2D eigenvalue weighted by atomic mass is 10.2. The van der Waals surface area contributed by atoms with Gasteiger partial charge in [0.2, 0.25) is 6.79 Å². The molecule has 23 heavy (non-hydrogen) atoms. The first-order chi connectivity index (χ1) is 11.1. The van der Waals surface area contributed by atoms with Crippen LogP contribution in [0.15, 0.2) is 30.0 Å². The molecule has 3 N–H and O–H groups in total. The van der Waals surface area contributed by atoms with Crippen LogP contribution in [-0.2, 0) is 16.1 Å². The predicted molar refractivity (Wildman–Crippen MR) is 78.4 cm³/mol. The Hall–Kier alpha value is -3.21. The summed E-state index contributed by atoms with van der Waals surface area (Å²) in [5.74, 6) is -0.242. The van der Waals surface area contributed by atoms with Crippen LogP contribution in [-0.4, -0.2) is 30.3 Å². The monoisotopic (exact) mass is 317 g/mol. The Bertz CT molecular complexity index is 678. The zero-order chi connectivity index (χ0) is 16.7. The Morgan fingerprint density at radius 3 is 2.87 bits per heavy atom. The molecule has 1 aromatic carbocycles. The molecule has 8 nitrogen and oxygen atoms in total. The summed E-state index contributed by atoms with van der Waals surface area (Å²) in [5, 5.41) is 22.7. The zero-order valence-corrected chi connectivity index (χ0v) is 12.2. The van der Waals surface area contributed by atoms with E-state index < -0.39 is 11.9 Å². The Kier molecular flexibility index (Phi) is 5.41. The Morgan fingerprint density at radius 2 is 2.13 bits per heavy atom. The molecule has 0 saturated heterocycles. The van der Waals surface area contributed by atoms with Crippen LogP contribution < -0.4 is 20.1 Å². The number of carboxylic acids is 1. The summed E-state index contributed by atoms with van der Waals surface area (Å²) >= 11 is 0. The summed E-state index contributed by atoms with van der Waals surface area (Å²) in [5.41, 5.74) is 0.676. The lowest BCUT2D eigenvalue weighted by molar-refractivity contribution is -0.136. The summed E-state index contributed by atoms with van der Waals surface area (Å²) in [6.07, 6.45) is 1.10. The number of ether oxygens (including phenoxy) is 2. The van der Waals surface area contributed by atoms with Crippen LogP contribution >= 0.6 is 0 Å². The molecule has 120 valence electrons. The van der Waals surface area contributed by atoms with Crippen LogP contribution in [0.4, 0.5) is 0 Å². The van der Waals surface area contributed by atoms with E-state index in [-0.39, 0.29) is 31.9 Å². The molecular formula is C15H15N3O5. The van der Waals surface area contributed by atoms with E-state index in [1.165, 1.54) is 6.20 Å². The Labute approximate surface area is 132 Å². The molecule has 0 atom stereocenters. The highest BCUT2D eigenvalue weighted by Gasteiger charge is 2.14. The average molecular weight is 317 g/mol. The summed E-state index contributed by atoms with van der Waals surface area (Å²) in [4.78, 5) is 22.3. The minimum atomic E-state index is -0.961. The number of amides is 1. The van der Waals surface area contributed by atoms with E-state index in [0.717, 1.165) is 5.56 Å². The first-order valence-electron chi connectivity index (χ1n) is 6.82. The third-order valence-corrected chi connectivity index (χ3v) is 2.98. The van der Waals surface area contributed by atoms with Crippen LogP contribution in [0, 0.1) is 11.3 Å². The maximum atomic E-state index is 11.9. The van der Waals surface area contributed by atoms with Gasteiger partial charge in [-0.1, -0.05) is 6.07 Å². The number of carbonyl (C=O) groups excluding carboxylic acids is 1. The van der Waals surface area contributed by atoms with Crippen molar-refractivity contribution >= 4 is 11.9 Å². The van der Waals surface area contributed by atoms with Crippen LogP contribution in [0.25, 0.3) is 0 Å². The predicted octanol–water partition coefficient (Wildman–Crippen LogP) is 0.503. The largest absolute Gasteiger partial charge is 0.481 e. The molecule has 1 amide bonds. The molecule has 0 fully saturated rings. The fourth-order valence-electron chi connectivity index (χ4n) is 1.83. The highest BCUT2D eigenvalue weighted by molar-refractivity contribution is 5.97. The molecule has 0 saturated carbocycles. The van der Waals surface area contributed by atoms with Gasteiger partial charge in [-0.2, -0.15) is 5.26 Å². The van der Waals surface area contributed by atoms with Gasteiger partial charge in [0.25, 0.3) is 5.91 Å². The van der Waals surface area contributed by atoms with E-state index in [2.05, 4.69) is 10.6 Å². The van der Waals surface area contributed by atoms with Crippen molar-refractivity contribution in [2.45, 2.75) is 13.0 Å². The molecule has 0 radical (unpaired) electrons. The number of nitrogens with zero attached hydrogens (tertiary/aromatic N) is 1. The smallest absolute Gasteiger partial charge is 0.305 e. The van der Waals surface area contributed by atoms with Gasteiger partial charge in [0, 0.05) is 19.3 Å². The van der Waals surface area contributed by atoms with Crippen molar-refractivity contribution in [3.8, 4) is 17.6 Å². The van der Waals surface area contributed by atoms with Crippen LogP contribution in [0.1, 0.15) is 12.0 Å². The average Bonchev–Trinajstić information content (AvgIpc) is 3.00. The second-order valence-corrected chi connectivity index (χ2v) is 4.64. The zero-order valence-electron chi connectivity index (χ0n) is 12.2. The van der Waals surface area contributed by atoms with Gasteiger partial charge in [-0.05, 0) is 17.7 Å². The van der Waals surface area contributed by atoms with Crippen molar-refractivity contribution in [2.24, 2.45) is 0 Å². The quantitative estimate of drug-likeness (QED) is 0.380. The van der Waals surface area contributed by atoms with Crippen molar-refractivity contribution < 1.29 is 24.2 Å². The number of fused-ring (bicyclic) bond motifs is 1. The van der Waals surface area contributed by atoms with Gasteiger partial charge in [-0.3, -0.25) is 9.59 Å². The molecule has 1 aromatic rings. The number of carbonyl (C=O) groups is 2. The number of nitriles is 1. The first kappa shape index (κ1) is 16.2. The van der Waals surface area contributed by atoms with Crippen molar-refractivity contribution in [1.82, 2.24) is 10.6 Å². The van der Waals surface area contributed by atoms with Gasteiger partial charge in [0.1, 0.15) is 11.6 Å². The Balaban J connectivity index is 1.86. The maximum Gasteiger partial charge on any atom is 0.305 e. The molecule has 8 heteroatoms. The van der Waals surface area contributed by atoms with E-state index in [1.54, 1.807) is 24.3 Å². The van der Waals surface area contributed by atoms with Crippen molar-refractivity contribution in [2.75, 3.05) is 13.3 Å². The second kappa shape index (κ2) is 7.70. The fourth-order valence-corrected chi connectivity index (χ4v) is 1.83. The maximum absolute atomic E-state index is 11.9. The molecular weight excluding hydrogens is 302 g/mol. The first-order valence-corrected chi connectivity index (χ1v) is 6.82. The van der Waals surface area contributed by atoms with Gasteiger partial charge in [0.15, 0.2) is 11.5 Å². The van der Waals surface area contributed by atoms with E-state index in [4.69, 9.17) is 19.8 Å². The summed E-state index contributed by atoms with van der Waals surface area (Å²) in [7, 11) is 0. The third-order valence-electron chi connectivity index (χ3n) is 2.98. The highest BCUT2D eigenvalue weighted by atomic mass is 16.7. The lowest BCUT2D eigenvalue weighted by Gasteiger charge is -2.06. The topological polar surface area (TPSA) is 121 Å². The highest BCUT2D eigenvalue weighted by Crippen LogP contribution is 2.32. The molecule has 1 aliphatic heterocycles. The van der Waals surface area contributed by atoms with Crippen LogP contribution in [0.3, 0.4) is 0 Å². The molecule has 0 aliphatic carbocycles. The van der Waals surface area contributed by atoms with E-state index in [9.17, 15) is 9.59 Å². The van der Waals surface area contributed by atoms with E-state index >= 15 is 0 Å². The van der Waals surface area contributed by atoms with Gasteiger partial charge >= 0.3 is 5.97 Å².